The zero-order chi connectivity index (χ0) is 14.6. The Balaban J connectivity index is 2.09. The normalized spacial score (nSPS) is 11.4. The predicted octanol–water partition coefficient (Wildman–Crippen LogP) is 1.49. The maximum absolute atomic E-state index is 12.3. The summed E-state index contributed by atoms with van der Waals surface area (Å²) in [6.45, 7) is 2.05. The van der Waals surface area contributed by atoms with E-state index in [1.165, 1.54) is 0 Å². The summed E-state index contributed by atoms with van der Waals surface area (Å²) in [7, 11) is -3.58. The largest absolute Gasteiger partial charge is 0.398 e. The molecule has 0 atom stereocenters. The first-order chi connectivity index (χ1) is 9.50. The van der Waals surface area contributed by atoms with Gasteiger partial charge in [-0.25, -0.2) is 13.1 Å². The Morgan fingerprint density at radius 1 is 1.20 bits per heavy atom. The van der Waals surface area contributed by atoms with Gasteiger partial charge in [0.1, 0.15) is 4.90 Å². The number of nitrogens with zero attached hydrogens (tertiary/aromatic N) is 1. The second-order valence-electron chi connectivity index (χ2n) is 4.50. The number of sulfonamides is 1. The molecule has 20 heavy (non-hydrogen) atoms. The minimum absolute atomic E-state index is 0.162. The van der Waals surface area contributed by atoms with E-state index in [0.29, 0.717) is 18.5 Å². The van der Waals surface area contributed by atoms with Gasteiger partial charge in [0.25, 0.3) is 0 Å². The summed E-state index contributed by atoms with van der Waals surface area (Å²) in [5.41, 5.74) is 7.70. The van der Waals surface area contributed by atoms with Crippen LogP contribution in [0.25, 0.3) is 0 Å². The second kappa shape index (κ2) is 6.02. The van der Waals surface area contributed by atoms with E-state index >= 15 is 0 Å². The molecule has 0 fully saturated rings. The molecule has 106 valence electrons. The van der Waals surface area contributed by atoms with Crippen molar-refractivity contribution in [1.82, 2.24) is 9.71 Å². The molecule has 0 radical (unpaired) electrons. The molecule has 2 rings (SSSR count). The van der Waals surface area contributed by atoms with Crippen molar-refractivity contribution in [2.24, 2.45) is 0 Å². The minimum Gasteiger partial charge on any atom is -0.398 e. The highest BCUT2D eigenvalue weighted by molar-refractivity contribution is 7.89. The molecule has 0 spiro atoms. The van der Waals surface area contributed by atoms with Crippen molar-refractivity contribution in [3.8, 4) is 0 Å². The van der Waals surface area contributed by atoms with Gasteiger partial charge in [0.2, 0.25) is 10.0 Å². The first kappa shape index (κ1) is 14.5. The molecule has 0 unspecified atom stereocenters. The lowest BCUT2D eigenvalue weighted by Gasteiger charge is -2.11. The Hall–Kier alpha value is -1.92. The number of hydrogen-bond acceptors (Lipinski definition) is 4. The van der Waals surface area contributed by atoms with Crippen molar-refractivity contribution in [3.63, 3.8) is 0 Å². The topological polar surface area (TPSA) is 85.1 Å². The standard InChI is InChI=1S/C14H17N3O2S/c1-11-3-2-4-13(15)14(11)20(18,19)17-10-7-12-5-8-16-9-6-12/h2-6,8-9,17H,7,10,15H2,1H3. The fourth-order valence-corrected chi connectivity index (χ4v) is 3.38. The van der Waals surface area contributed by atoms with Crippen LogP contribution < -0.4 is 10.5 Å². The summed E-state index contributed by atoms with van der Waals surface area (Å²) >= 11 is 0. The number of pyridine rings is 1. The lowest BCUT2D eigenvalue weighted by atomic mass is 10.2. The molecule has 1 aromatic heterocycles. The summed E-state index contributed by atoms with van der Waals surface area (Å²) < 4.78 is 27.1. The van der Waals surface area contributed by atoms with Crippen molar-refractivity contribution < 1.29 is 8.42 Å². The zero-order valence-corrected chi connectivity index (χ0v) is 12.0. The number of aromatic nitrogens is 1. The quantitative estimate of drug-likeness (QED) is 0.817. The summed E-state index contributed by atoms with van der Waals surface area (Å²) in [6, 6.07) is 8.77. The van der Waals surface area contributed by atoms with E-state index in [0.717, 1.165) is 5.56 Å². The highest BCUT2D eigenvalue weighted by atomic mass is 32.2. The Bertz CT molecular complexity index is 665. The summed E-state index contributed by atoms with van der Waals surface area (Å²) in [5.74, 6) is 0. The molecule has 5 nitrogen and oxygen atoms in total. The van der Waals surface area contributed by atoms with Crippen molar-refractivity contribution in [2.45, 2.75) is 18.2 Å². The maximum Gasteiger partial charge on any atom is 0.242 e. The van der Waals surface area contributed by atoms with E-state index in [2.05, 4.69) is 9.71 Å². The molecule has 1 aromatic carbocycles. The van der Waals surface area contributed by atoms with Gasteiger partial charge < -0.3 is 5.73 Å². The van der Waals surface area contributed by atoms with Gasteiger partial charge in [-0.2, -0.15) is 0 Å². The van der Waals surface area contributed by atoms with Gasteiger partial charge >= 0.3 is 0 Å². The van der Waals surface area contributed by atoms with Gasteiger partial charge in [0.15, 0.2) is 0 Å². The molecule has 1 heterocycles. The molecule has 2 aromatic rings. The first-order valence-corrected chi connectivity index (χ1v) is 7.72. The van der Waals surface area contributed by atoms with Crippen LogP contribution in [0.4, 0.5) is 5.69 Å². The van der Waals surface area contributed by atoms with Gasteiger partial charge in [0, 0.05) is 18.9 Å². The van der Waals surface area contributed by atoms with Crippen LogP contribution in [0.3, 0.4) is 0 Å². The van der Waals surface area contributed by atoms with Crippen molar-refractivity contribution >= 4 is 15.7 Å². The van der Waals surface area contributed by atoms with Gasteiger partial charge in [-0.1, -0.05) is 12.1 Å². The number of benzene rings is 1. The number of aryl methyl sites for hydroxylation is 1. The van der Waals surface area contributed by atoms with E-state index in [1.807, 2.05) is 12.1 Å². The number of nitrogens with one attached hydrogen (secondary N) is 1. The van der Waals surface area contributed by atoms with E-state index in [-0.39, 0.29) is 10.6 Å². The monoisotopic (exact) mass is 291 g/mol. The molecule has 3 N–H and O–H groups in total. The molecular weight excluding hydrogens is 274 g/mol. The summed E-state index contributed by atoms with van der Waals surface area (Å²) in [5, 5.41) is 0. The SMILES string of the molecule is Cc1cccc(N)c1S(=O)(=O)NCCc1ccncc1. The molecule has 6 heteroatoms. The van der Waals surface area contributed by atoms with Gasteiger partial charge in [0.05, 0.1) is 5.69 Å². The molecule has 0 saturated heterocycles. The molecule has 0 aliphatic carbocycles. The summed E-state index contributed by atoms with van der Waals surface area (Å²) in [6.07, 6.45) is 3.97. The number of hydrogen-bond donors (Lipinski definition) is 2. The van der Waals surface area contributed by atoms with Crippen LogP contribution in [0.15, 0.2) is 47.6 Å². The molecule has 0 aliphatic rings. The van der Waals surface area contributed by atoms with E-state index < -0.39 is 10.0 Å². The highest BCUT2D eigenvalue weighted by Crippen LogP contribution is 2.21. The Kier molecular flexibility index (Phi) is 4.36. The zero-order valence-electron chi connectivity index (χ0n) is 11.2. The lowest BCUT2D eigenvalue weighted by molar-refractivity contribution is 0.581. The highest BCUT2D eigenvalue weighted by Gasteiger charge is 2.19. The minimum atomic E-state index is -3.58. The van der Waals surface area contributed by atoms with Gasteiger partial charge in [-0.05, 0) is 42.7 Å². The third-order valence-electron chi connectivity index (χ3n) is 2.97. The molecule has 0 amide bonds. The van der Waals surface area contributed by atoms with Crippen LogP contribution in [-0.2, 0) is 16.4 Å². The van der Waals surface area contributed by atoms with E-state index in [1.54, 1.807) is 37.5 Å². The number of rotatable bonds is 5. The van der Waals surface area contributed by atoms with Gasteiger partial charge in [-0.15, -0.1) is 0 Å². The molecular formula is C14H17N3O2S. The van der Waals surface area contributed by atoms with Crippen molar-refractivity contribution in [1.29, 1.82) is 0 Å². The van der Waals surface area contributed by atoms with Crippen molar-refractivity contribution in [3.05, 3.63) is 53.9 Å². The Labute approximate surface area is 118 Å². The van der Waals surface area contributed by atoms with Crippen LogP contribution in [0.2, 0.25) is 0 Å². The van der Waals surface area contributed by atoms with Crippen LogP contribution in [0, 0.1) is 6.92 Å². The molecule has 0 bridgehead atoms. The van der Waals surface area contributed by atoms with Crippen LogP contribution in [0.5, 0.6) is 0 Å². The third kappa shape index (κ3) is 3.34. The van der Waals surface area contributed by atoms with Gasteiger partial charge in [-0.3, -0.25) is 4.98 Å². The predicted molar refractivity (Wildman–Crippen MR) is 78.7 cm³/mol. The van der Waals surface area contributed by atoms with Crippen molar-refractivity contribution in [2.75, 3.05) is 12.3 Å². The van der Waals surface area contributed by atoms with Crippen LogP contribution >= 0.6 is 0 Å². The van der Waals surface area contributed by atoms with Crippen LogP contribution in [-0.4, -0.2) is 19.9 Å². The fraction of sp³-hybridized carbons (Fsp3) is 0.214. The average Bonchev–Trinajstić information content (AvgIpc) is 2.39. The Morgan fingerprint density at radius 3 is 2.55 bits per heavy atom. The number of nitrogens with two attached hydrogens (primary N) is 1. The van der Waals surface area contributed by atoms with E-state index in [4.69, 9.17) is 5.73 Å². The number of anilines is 1. The fourth-order valence-electron chi connectivity index (χ4n) is 1.99. The van der Waals surface area contributed by atoms with Crippen LogP contribution in [0.1, 0.15) is 11.1 Å². The molecule has 0 saturated carbocycles. The Morgan fingerprint density at radius 2 is 1.90 bits per heavy atom. The smallest absolute Gasteiger partial charge is 0.242 e. The maximum atomic E-state index is 12.3. The lowest BCUT2D eigenvalue weighted by Crippen LogP contribution is -2.27. The number of nitrogen functional groups attached to an aromatic ring is 1. The average molecular weight is 291 g/mol. The third-order valence-corrected chi connectivity index (χ3v) is 4.65. The molecule has 0 aliphatic heterocycles. The summed E-state index contributed by atoms with van der Waals surface area (Å²) in [4.78, 5) is 4.08. The van der Waals surface area contributed by atoms with E-state index in [9.17, 15) is 8.42 Å². The second-order valence-corrected chi connectivity index (χ2v) is 6.20. The first-order valence-electron chi connectivity index (χ1n) is 6.24.